The third-order valence-corrected chi connectivity index (χ3v) is 3.91. The molecule has 0 saturated carbocycles. The summed E-state index contributed by atoms with van der Waals surface area (Å²) in [6.07, 6.45) is 5.87. The van der Waals surface area contributed by atoms with E-state index in [9.17, 15) is 0 Å². The Bertz CT molecular complexity index is 512. The van der Waals surface area contributed by atoms with E-state index in [1.807, 2.05) is 6.07 Å². The molecule has 94 valence electrons. The summed E-state index contributed by atoms with van der Waals surface area (Å²) in [5.41, 5.74) is 6.81. The first-order chi connectivity index (χ1) is 8.83. The van der Waals surface area contributed by atoms with Gasteiger partial charge >= 0.3 is 0 Å². The van der Waals surface area contributed by atoms with Crippen molar-refractivity contribution in [2.45, 2.75) is 18.8 Å². The first-order valence-electron chi connectivity index (χ1n) is 6.06. The Kier molecular flexibility index (Phi) is 3.10. The maximum atomic E-state index is 5.70. The van der Waals surface area contributed by atoms with Crippen molar-refractivity contribution < 1.29 is 0 Å². The molecule has 0 radical (unpaired) electrons. The molecule has 6 heteroatoms. The summed E-state index contributed by atoms with van der Waals surface area (Å²) in [7, 11) is 0. The Morgan fingerprint density at radius 2 is 2.17 bits per heavy atom. The second-order valence-electron chi connectivity index (χ2n) is 4.44. The maximum absolute atomic E-state index is 5.70. The Balaban J connectivity index is 1.76. The van der Waals surface area contributed by atoms with Crippen LogP contribution in [0.4, 0.5) is 11.1 Å². The van der Waals surface area contributed by atoms with Gasteiger partial charge in [0.15, 0.2) is 5.13 Å². The monoisotopic (exact) mass is 261 g/mol. The molecule has 2 aromatic rings. The molecule has 0 aliphatic carbocycles. The molecule has 18 heavy (non-hydrogen) atoms. The fourth-order valence-electron chi connectivity index (χ4n) is 2.34. The lowest BCUT2D eigenvalue weighted by Crippen LogP contribution is -2.35. The number of hydrogen-bond acceptors (Lipinski definition) is 6. The molecule has 1 saturated heterocycles. The zero-order valence-corrected chi connectivity index (χ0v) is 10.8. The third-order valence-electron chi connectivity index (χ3n) is 3.21. The van der Waals surface area contributed by atoms with Gasteiger partial charge in [0.2, 0.25) is 5.95 Å². The van der Waals surface area contributed by atoms with Crippen LogP contribution < -0.4 is 10.6 Å². The molecule has 0 aromatic carbocycles. The zero-order chi connectivity index (χ0) is 12.4. The average Bonchev–Trinajstić information content (AvgIpc) is 2.87. The predicted octanol–water partition coefficient (Wildman–Crippen LogP) is 1.90. The molecule has 1 atom stereocenters. The van der Waals surface area contributed by atoms with Crippen molar-refractivity contribution in [3.8, 4) is 0 Å². The number of aromatic nitrogens is 3. The summed E-state index contributed by atoms with van der Waals surface area (Å²) in [5.74, 6) is 1.25. The van der Waals surface area contributed by atoms with Gasteiger partial charge in [0.25, 0.3) is 0 Å². The highest BCUT2D eigenvalue weighted by atomic mass is 32.1. The minimum atomic E-state index is 0.441. The number of nitrogens with two attached hydrogens (primary N) is 1. The molecule has 2 aromatic heterocycles. The van der Waals surface area contributed by atoms with Crippen LogP contribution in [0, 0.1) is 0 Å². The summed E-state index contributed by atoms with van der Waals surface area (Å²) < 4.78 is 0. The number of anilines is 2. The van der Waals surface area contributed by atoms with Gasteiger partial charge in [-0.3, -0.25) is 0 Å². The van der Waals surface area contributed by atoms with Crippen LogP contribution in [0.15, 0.2) is 23.8 Å². The predicted molar refractivity (Wildman–Crippen MR) is 72.7 cm³/mol. The quantitative estimate of drug-likeness (QED) is 0.894. The summed E-state index contributed by atoms with van der Waals surface area (Å²) in [6.45, 7) is 1.94. The van der Waals surface area contributed by atoms with Gasteiger partial charge in [-0.15, -0.1) is 11.3 Å². The topological polar surface area (TPSA) is 67.9 Å². The van der Waals surface area contributed by atoms with E-state index < -0.39 is 0 Å². The molecule has 0 spiro atoms. The SMILES string of the molecule is Nc1nc([C@H]2CCCN(c3ncccn3)C2)cs1. The highest BCUT2D eigenvalue weighted by Gasteiger charge is 2.24. The number of nitrogen functional groups attached to an aromatic ring is 1. The van der Waals surface area contributed by atoms with Crippen LogP contribution in [-0.2, 0) is 0 Å². The van der Waals surface area contributed by atoms with E-state index in [0.29, 0.717) is 11.0 Å². The van der Waals surface area contributed by atoms with Crippen molar-refractivity contribution in [3.05, 3.63) is 29.5 Å². The lowest BCUT2D eigenvalue weighted by atomic mass is 9.96. The second kappa shape index (κ2) is 4.89. The fraction of sp³-hybridized carbons (Fsp3) is 0.417. The van der Waals surface area contributed by atoms with Crippen LogP contribution in [0.25, 0.3) is 0 Å². The summed E-state index contributed by atoms with van der Waals surface area (Å²) in [5, 5.41) is 2.72. The Morgan fingerprint density at radius 3 is 2.89 bits per heavy atom. The molecule has 1 aliphatic rings. The molecule has 3 rings (SSSR count). The molecule has 1 aliphatic heterocycles. The molecular weight excluding hydrogens is 246 g/mol. The summed E-state index contributed by atoms with van der Waals surface area (Å²) in [6, 6.07) is 1.84. The average molecular weight is 261 g/mol. The van der Waals surface area contributed by atoms with E-state index in [1.165, 1.54) is 11.3 Å². The van der Waals surface area contributed by atoms with E-state index in [0.717, 1.165) is 37.6 Å². The van der Waals surface area contributed by atoms with Crippen molar-refractivity contribution in [3.63, 3.8) is 0 Å². The van der Waals surface area contributed by atoms with Crippen molar-refractivity contribution >= 4 is 22.4 Å². The van der Waals surface area contributed by atoms with Gasteiger partial charge in [0.05, 0.1) is 5.69 Å². The normalized spacial score (nSPS) is 20.0. The van der Waals surface area contributed by atoms with Gasteiger partial charge < -0.3 is 10.6 Å². The standard InChI is InChI=1S/C12H15N5S/c13-11-16-10(8-18-11)9-3-1-6-17(7-9)12-14-4-2-5-15-12/h2,4-5,8-9H,1,3,6-7H2,(H2,13,16)/t9-/m0/s1. The minimum Gasteiger partial charge on any atom is -0.375 e. The molecule has 1 fully saturated rings. The Labute approximate surface area is 110 Å². The van der Waals surface area contributed by atoms with Crippen LogP contribution in [-0.4, -0.2) is 28.0 Å². The van der Waals surface area contributed by atoms with Crippen molar-refractivity contribution in [1.29, 1.82) is 0 Å². The smallest absolute Gasteiger partial charge is 0.225 e. The molecule has 5 nitrogen and oxygen atoms in total. The van der Waals surface area contributed by atoms with E-state index in [4.69, 9.17) is 5.73 Å². The summed E-state index contributed by atoms with van der Waals surface area (Å²) in [4.78, 5) is 15.2. The lowest BCUT2D eigenvalue weighted by molar-refractivity contribution is 0.497. The first kappa shape index (κ1) is 11.4. The lowest BCUT2D eigenvalue weighted by Gasteiger charge is -2.31. The Hall–Kier alpha value is -1.69. The third kappa shape index (κ3) is 2.28. The van der Waals surface area contributed by atoms with Gasteiger partial charge in [0, 0.05) is 36.8 Å². The molecule has 0 unspecified atom stereocenters. The summed E-state index contributed by atoms with van der Waals surface area (Å²) >= 11 is 1.51. The van der Waals surface area contributed by atoms with Gasteiger partial charge in [0.1, 0.15) is 0 Å². The van der Waals surface area contributed by atoms with Crippen LogP contribution in [0.2, 0.25) is 0 Å². The maximum Gasteiger partial charge on any atom is 0.225 e. The molecule has 3 heterocycles. The van der Waals surface area contributed by atoms with Gasteiger partial charge in [-0.1, -0.05) is 0 Å². The molecule has 0 bridgehead atoms. The highest BCUT2D eigenvalue weighted by molar-refractivity contribution is 7.13. The molecule has 0 amide bonds. The van der Waals surface area contributed by atoms with Crippen LogP contribution in [0.3, 0.4) is 0 Å². The van der Waals surface area contributed by atoms with Gasteiger partial charge in [-0.25, -0.2) is 15.0 Å². The van der Waals surface area contributed by atoms with Crippen LogP contribution in [0.1, 0.15) is 24.5 Å². The number of thiazole rings is 1. The van der Waals surface area contributed by atoms with E-state index >= 15 is 0 Å². The number of hydrogen-bond donors (Lipinski definition) is 1. The number of piperidine rings is 1. The van der Waals surface area contributed by atoms with Crippen molar-refractivity contribution in [2.24, 2.45) is 0 Å². The molecule has 2 N–H and O–H groups in total. The number of nitrogens with zero attached hydrogens (tertiary/aromatic N) is 4. The van der Waals surface area contributed by atoms with Gasteiger partial charge in [-0.2, -0.15) is 0 Å². The zero-order valence-electron chi connectivity index (χ0n) is 9.99. The van der Waals surface area contributed by atoms with Crippen LogP contribution in [0.5, 0.6) is 0 Å². The van der Waals surface area contributed by atoms with Gasteiger partial charge in [-0.05, 0) is 18.9 Å². The molecular formula is C12H15N5S. The van der Waals surface area contributed by atoms with Crippen molar-refractivity contribution in [2.75, 3.05) is 23.7 Å². The van der Waals surface area contributed by atoms with Crippen LogP contribution >= 0.6 is 11.3 Å². The highest BCUT2D eigenvalue weighted by Crippen LogP contribution is 2.29. The second-order valence-corrected chi connectivity index (χ2v) is 5.33. The fourth-order valence-corrected chi connectivity index (χ4v) is 2.99. The van der Waals surface area contributed by atoms with E-state index in [2.05, 4.69) is 25.2 Å². The van der Waals surface area contributed by atoms with E-state index in [-0.39, 0.29) is 0 Å². The largest absolute Gasteiger partial charge is 0.375 e. The number of rotatable bonds is 2. The minimum absolute atomic E-state index is 0.441. The Morgan fingerprint density at radius 1 is 1.33 bits per heavy atom. The first-order valence-corrected chi connectivity index (χ1v) is 6.94. The van der Waals surface area contributed by atoms with E-state index in [1.54, 1.807) is 12.4 Å². The van der Waals surface area contributed by atoms with Crippen molar-refractivity contribution in [1.82, 2.24) is 15.0 Å².